The van der Waals surface area contributed by atoms with E-state index in [1.165, 1.54) is 26.2 Å². The molecule has 2 rings (SSSR count). The van der Waals surface area contributed by atoms with Gasteiger partial charge >= 0.3 is 6.18 Å². The van der Waals surface area contributed by atoms with Crippen molar-refractivity contribution in [3.05, 3.63) is 57.1 Å². The number of hydrogen-bond donors (Lipinski definition) is 1. The summed E-state index contributed by atoms with van der Waals surface area (Å²) in [5.41, 5.74) is -2.02. The van der Waals surface area contributed by atoms with E-state index in [4.69, 9.17) is 9.47 Å². The van der Waals surface area contributed by atoms with E-state index >= 15 is 0 Å². The van der Waals surface area contributed by atoms with Crippen LogP contribution in [0.25, 0.3) is 0 Å². The third-order valence-corrected chi connectivity index (χ3v) is 3.82. The Hall–Kier alpha value is -3.30. The van der Waals surface area contributed by atoms with E-state index in [2.05, 4.69) is 5.32 Å². The number of rotatable bonds is 6. The minimum absolute atomic E-state index is 0.0146. The SMILES string of the molecule is CCOc1cc([N+](=O)[O-])c(C(=O)Nc2ccc(C)c(C(F)(F)F)c2)cc1OC. The van der Waals surface area contributed by atoms with Gasteiger partial charge in [-0.1, -0.05) is 6.07 Å². The maximum Gasteiger partial charge on any atom is 0.416 e. The van der Waals surface area contributed by atoms with Gasteiger partial charge in [-0.3, -0.25) is 14.9 Å². The molecule has 28 heavy (non-hydrogen) atoms. The predicted molar refractivity (Wildman–Crippen MR) is 95.0 cm³/mol. The summed E-state index contributed by atoms with van der Waals surface area (Å²) >= 11 is 0. The standard InChI is InChI=1S/C18H17F3N2O5/c1-4-28-16-9-14(23(25)26)12(8-15(16)27-3)17(24)22-11-6-5-10(2)13(7-11)18(19,20)21/h5-9H,4H2,1-3H3,(H,22,24). The van der Waals surface area contributed by atoms with Gasteiger partial charge in [0.1, 0.15) is 5.56 Å². The largest absolute Gasteiger partial charge is 0.493 e. The molecular weight excluding hydrogens is 381 g/mol. The summed E-state index contributed by atoms with van der Waals surface area (Å²) in [5.74, 6) is -0.801. The molecular formula is C18H17F3N2O5. The molecule has 7 nitrogen and oxygen atoms in total. The van der Waals surface area contributed by atoms with E-state index in [9.17, 15) is 28.1 Å². The Kier molecular flexibility index (Phi) is 6.12. The first-order chi connectivity index (χ1) is 13.1. The highest BCUT2D eigenvalue weighted by molar-refractivity contribution is 6.07. The van der Waals surface area contributed by atoms with Gasteiger partial charge in [-0.2, -0.15) is 13.2 Å². The average Bonchev–Trinajstić information content (AvgIpc) is 2.62. The minimum atomic E-state index is -4.60. The number of nitro benzene ring substituents is 1. The summed E-state index contributed by atoms with van der Waals surface area (Å²) < 4.78 is 49.5. The average molecular weight is 398 g/mol. The van der Waals surface area contributed by atoms with Gasteiger partial charge in [0, 0.05) is 11.8 Å². The van der Waals surface area contributed by atoms with Gasteiger partial charge < -0.3 is 14.8 Å². The molecule has 2 aromatic rings. The lowest BCUT2D eigenvalue weighted by molar-refractivity contribution is -0.385. The summed E-state index contributed by atoms with van der Waals surface area (Å²) in [4.78, 5) is 23.1. The Balaban J connectivity index is 2.45. The van der Waals surface area contributed by atoms with Crippen LogP contribution in [0.1, 0.15) is 28.4 Å². The number of halogens is 3. The summed E-state index contributed by atoms with van der Waals surface area (Å²) in [5, 5.41) is 13.6. The molecule has 0 atom stereocenters. The van der Waals surface area contributed by atoms with Gasteiger partial charge in [-0.25, -0.2) is 0 Å². The van der Waals surface area contributed by atoms with Gasteiger partial charge in [-0.05, 0) is 31.5 Å². The third-order valence-electron chi connectivity index (χ3n) is 3.82. The number of amides is 1. The molecule has 0 aliphatic carbocycles. The van der Waals surface area contributed by atoms with E-state index in [0.717, 1.165) is 18.2 Å². The fourth-order valence-electron chi connectivity index (χ4n) is 2.51. The van der Waals surface area contributed by atoms with Gasteiger partial charge in [0.25, 0.3) is 11.6 Å². The van der Waals surface area contributed by atoms with Gasteiger partial charge in [-0.15, -0.1) is 0 Å². The Labute approximate surface area is 158 Å². The lowest BCUT2D eigenvalue weighted by Gasteiger charge is -2.14. The summed E-state index contributed by atoms with van der Waals surface area (Å²) in [7, 11) is 1.29. The second kappa shape index (κ2) is 8.15. The molecule has 0 heterocycles. The number of methoxy groups -OCH3 is 1. The van der Waals surface area contributed by atoms with Crippen LogP contribution in [0.5, 0.6) is 11.5 Å². The highest BCUT2D eigenvalue weighted by atomic mass is 19.4. The second-order valence-electron chi connectivity index (χ2n) is 5.69. The molecule has 2 aromatic carbocycles. The topological polar surface area (TPSA) is 90.7 Å². The third kappa shape index (κ3) is 4.51. The summed E-state index contributed by atoms with van der Waals surface area (Å²) in [6.07, 6.45) is -4.60. The van der Waals surface area contributed by atoms with Crippen molar-refractivity contribution in [1.29, 1.82) is 0 Å². The molecule has 0 radical (unpaired) electrons. The Morgan fingerprint density at radius 1 is 1.21 bits per heavy atom. The molecule has 0 bridgehead atoms. The van der Waals surface area contributed by atoms with Crippen LogP contribution in [0.4, 0.5) is 24.5 Å². The number of nitrogens with one attached hydrogen (secondary N) is 1. The van der Waals surface area contributed by atoms with E-state index in [0.29, 0.717) is 0 Å². The van der Waals surface area contributed by atoms with Crippen molar-refractivity contribution in [1.82, 2.24) is 0 Å². The van der Waals surface area contributed by atoms with Crippen molar-refractivity contribution in [2.24, 2.45) is 0 Å². The van der Waals surface area contributed by atoms with Crippen LogP contribution in [0.2, 0.25) is 0 Å². The molecule has 10 heteroatoms. The smallest absolute Gasteiger partial charge is 0.416 e. The molecule has 0 aromatic heterocycles. The molecule has 1 N–H and O–H groups in total. The lowest BCUT2D eigenvalue weighted by atomic mass is 10.1. The molecule has 0 aliphatic heterocycles. The van der Waals surface area contributed by atoms with E-state index in [1.54, 1.807) is 6.92 Å². The van der Waals surface area contributed by atoms with Crippen molar-refractivity contribution in [3.8, 4) is 11.5 Å². The Morgan fingerprint density at radius 3 is 2.43 bits per heavy atom. The number of carbonyl (C=O) groups excluding carboxylic acids is 1. The molecule has 0 saturated carbocycles. The van der Waals surface area contributed by atoms with E-state index < -0.39 is 28.3 Å². The molecule has 0 aliphatic rings. The highest BCUT2D eigenvalue weighted by Gasteiger charge is 2.33. The second-order valence-corrected chi connectivity index (χ2v) is 5.69. The number of carbonyl (C=O) groups is 1. The molecule has 1 amide bonds. The van der Waals surface area contributed by atoms with Crippen molar-refractivity contribution in [2.45, 2.75) is 20.0 Å². The first-order valence-electron chi connectivity index (χ1n) is 8.06. The normalized spacial score (nSPS) is 11.1. The van der Waals surface area contributed by atoms with Crippen LogP contribution in [0, 0.1) is 17.0 Å². The first-order valence-corrected chi connectivity index (χ1v) is 8.06. The van der Waals surface area contributed by atoms with Crippen molar-refractivity contribution in [3.63, 3.8) is 0 Å². The zero-order valence-corrected chi connectivity index (χ0v) is 15.2. The summed E-state index contributed by atoms with van der Waals surface area (Å²) in [6.45, 7) is 3.17. The van der Waals surface area contributed by atoms with Crippen molar-refractivity contribution >= 4 is 17.3 Å². The lowest BCUT2D eigenvalue weighted by Crippen LogP contribution is -2.16. The molecule has 0 saturated heterocycles. The molecule has 0 fully saturated rings. The van der Waals surface area contributed by atoms with Crippen molar-refractivity contribution < 1.29 is 32.4 Å². The Bertz CT molecular complexity index is 913. The number of hydrogen-bond acceptors (Lipinski definition) is 5. The fourth-order valence-corrected chi connectivity index (χ4v) is 2.51. The van der Waals surface area contributed by atoms with Crippen LogP contribution >= 0.6 is 0 Å². The molecule has 0 spiro atoms. The number of nitro groups is 1. The number of nitrogens with zero attached hydrogens (tertiary/aromatic N) is 1. The first kappa shape index (κ1) is 21.0. The predicted octanol–water partition coefficient (Wildman–Crippen LogP) is 4.58. The van der Waals surface area contributed by atoms with Gasteiger partial charge in [0.2, 0.25) is 0 Å². The van der Waals surface area contributed by atoms with E-state index in [-0.39, 0.29) is 34.9 Å². The number of alkyl halides is 3. The number of anilines is 1. The number of ether oxygens (including phenoxy) is 2. The van der Waals surface area contributed by atoms with Crippen LogP contribution in [-0.4, -0.2) is 24.5 Å². The van der Waals surface area contributed by atoms with Crippen LogP contribution in [0.3, 0.4) is 0 Å². The van der Waals surface area contributed by atoms with E-state index in [1.807, 2.05) is 0 Å². The summed E-state index contributed by atoms with van der Waals surface area (Å²) in [6, 6.07) is 5.39. The Morgan fingerprint density at radius 2 is 1.89 bits per heavy atom. The fraction of sp³-hybridized carbons (Fsp3) is 0.278. The number of aryl methyl sites for hydroxylation is 1. The highest BCUT2D eigenvalue weighted by Crippen LogP contribution is 2.36. The van der Waals surface area contributed by atoms with Gasteiger partial charge in [0.05, 0.1) is 30.3 Å². The zero-order valence-electron chi connectivity index (χ0n) is 15.2. The minimum Gasteiger partial charge on any atom is -0.493 e. The van der Waals surface area contributed by atoms with Crippen molar-refractivity contribution in [2.75, 3.05) is 19.0 Å². The van der Waals surface area contributed by atoms with Crippen LogP contribution in [-0.2, 0) is 6.18 Å². The maximum absolute atomic E-state index is 13.0. The molecule has 0 unspecified atom stereocenters. The molecule has 150 valence electrons. The monoisotopic (exact) mass is 398 g/mol. The maximum atomic E-state index is 13.0. The van der Waals surface area contributed by atoms with Gasteiger partial charge in [0.15, 0.2) is 11.5 Å². The zero-order chi connectivity index (χ0) is 21.1. The van der Waals surface area contributed by atoms with Crippen LogP contribution < -0.4 is 14.8 Å². The van der Waals surface area contributed by atoms with Crippen LogP contribution in [0.15, 0.2) is 30.3 Å². The quantitative estimate of drug-likeness (QED) is 0.568. The number of benzene rings is 2.